The second-order valence-electron chi connectivity index (χ2n) is 5.29. The van der Waals surface area contributed by atoms with E-state index in [4.69, 9.17) is 27.9 Å². The Hall–Kier alpha value is -2.24. The van der Waals surface area contributed by atoms with Crippen LogP contribution in [0.5, 0.6) is 5.75 Å². The first kappa shape index (κ1) is 16.6. The number of halogens is 2. The zero-order valence-electron chi connectivity index (χ0n) is 12.4. The summed E-state index contributed by atoms with van der Waals surface area (Å²) >= 11 is 12.2. The molecule has 0 saturated heterocycles. The van der Waals surface area contributed by atoms with E-state index in [2.05, 4.69) is 0 Å². The third kappa shape index (κ3) is 3.18. The molecule has 2 aromatic rings. The van der Waals surface area contributed by atoms with Crippen LogP contribution in [0.3, 0.4) is 0 Å². The van der Waals surface area contributed by atoms with Crippen LogP contribution < -0.4 is 9.64 Å². The molecule has 0 radical (unpaired) electrons. The van der Waals surface area contributed by atoms with E-state index >= 15 is 0 Å². The molecule has 3 rings (SSSR count). The number of carbonyl (C=O) groups is 2. The number of aliphatic carboxylic acids is 1. The van der Waals surface area contributed by atoms with Crippen LogP contribution in [-0.4, -0.2) is 29.6 Å². The highest BCUT2D eigenvalue weighted by Gasteiger charge is 2.33. The number of nitrogens with zero attached hydrogens (tertiary/aromatic N) is 1. The summed E-state index contributed by atoms with van der Waals surface area (Å²) in [6.45, 7) is -0.0761. The predicted molar refractivity (Wildman–Crippen MR) is 91.0 cm³/mol. The van der Waals surface area contributed by atoms with Gasteiger partial charge in [0, 0.05) is 10.0 Å². The number of carboxylic acids is 1. The number of carboxylic acid groups (broad SMARTS) is 1. The van der Waals surface area contributed by atoms with Gasteiger partial charge in [0.15, 0.2) is 0 Å². The number of ether oxygens (including phenoxy) is 1. The number of fused-ring (bicyclic) bond motifs is 1. The van der Waals surface area contributed by atoms with Gasteiger partial charge in [-0.3, -0.25) is 4.79 Å². The van der Waals surface area contributed by atoms with Crippen molar-refractivity contribution in [1.29, 1.82) is 0 Å². The molecule has 1 aliphatic rings. The lowest BCUT2D eigenvalue weighted by Crippen LogP contribution is -2.47. The minimum atomic E-state index is -1.13. The molecule has 1 atom stereocenters. The molecule has 7 heteroatoms. The standard InChI is InChI=1S/C17H13Cl2NO4/c18-11-4-3-5-12(19)10(11)8-16(21)20-9-15(17(22)23)24-14-7-2-1-6-13(14)20/h1-7,15H,8-9H2,(H,22,23). The lowest BCUT2D eigenvalue weighted by Gasteiger charge is -2.33. The molecule has 24 heavy (non-hydrogen) atoms. The summed E-state index contributed by atoms with van der Waals surface area (Å²) in [4.78, 5) is 25.5. The number of benzene rings is 2. The predicted octanol–water partition coefficient (Wildman–Crippen LogP) is 3.41. The van der Waals surface area contributed by atoms with Crippen LogP contribution in [0, 0.1) is 0 Å². The van der Waals surface area contributed by atoms with E-state index in [-0.39, 0.29) is 18.9 Å². The number of hydrogen-bond acceptors (Lipinski definition) is 3. The van der Waals surface area contributed by atoms with Gasteiger partial charge in [-0.15, -0.1) is 0 Å². The molecule has 1 heterocycles. The maximum absolute atomic E-state index is 12.8. The number of amides is 1. The molecule has 0 saturated carbocycles. The van der Waals surface area contributed by atoms with Crippen molar-refractivity contribution >= 4 is 40.8 Å². The van der Waals surface area contributed by atoms with Crippen LogP contribution in [0.15, 0.2) is 42.5 Å². The van der Waals surface area contributed by atoms with Gasteiger partial charge in [0.05, 0.1) is 18.7 Å². The Morgan fingerprint density at radius 1 is 1.12 bits per heavy atom. The maximum Gasteiger partial charge on any atom is 0.346 e. The zero-order valence-corrected chi connectivity index (χ0v) is 13.9. The van der Waals surface area contributed by atoms with Gasteiger partial charge in [0.1, 0.15) is 5.75 Å². The van der Waals surface area contributed by atoms with Gasteiger partial charge in [-0.25, -0.2) is 4.79 Å². The van der Waals surface area contributed by atoms with Crippen LogP contribution in [0.25, 0.3) is 0 Å². The number of para-hydroxylation sites is 2. The summed E-state index contributed by atoms with van der Waals surface area (Å²) in [6, 6.07) is 11.8. The van der Waals surface area contributed by atoms with Crippen LogP contribution in [0.4, 0.5) is 5.69 Å². The second kappa shape index (κ2) is 6.71. The van der Waals surface area contributed by atoms with Crippen LogP contribution in [-0.2, 0) is 16.0 Å². The zero-order chi connectivity index (χ0) is 17.3. The molecular weight excluding hydrogens is 353 g/mol. The fourth-order valence-corrected chi connectivity index (χ4v) is 3.08. The molecular formula is C17H13Cl2NO4. The largest absolute Gasteiger partial charge is 0.478 e. The first-order valence-corrected chi connectivity index (χ1v) is 7.94. The van der Waals surface area contributed by atoms with Gasteiger partial charge in [-0.05, 0) is 29.8 Å². The van der Waals surface area contributed by atoms with Crippen molar-refractivity contribution in [3.63, 3.8) is 0 Å². The SMILES string of the molecule is O=C(O)C1CN(C(=O)Cc2c(Cl)cccc2Cl)c2ccccc2O1. The van der Waals surface area contributed by atoms with E-state index in [1.54, 1.807) is 42.5 Å². The van der Waals surface area contributed by atoms with Crippen molar-refractivity contribution in [3.05, 3.63) is 58.1 Å². The summed E-state index contributed by atoms with van der Waals surface area (Å²) in [6.07, 6.45) is -1.15. The third-order valence-electron chi connectivity index (χ3n) is 3.74. The van der Waals surface area contributed by atoms with Gasteiger partial charge in [0.2, 0.25) is 12.0 Å². The Morgan fingerprint density at radius 3 is 2.46 bits per heavy atom. The number of anilines is 1. The Balaban J connectivity index is 1.92. The van der Waals surface area contributed by atoms with Crippen molar-refractivity contribution in [2.75, 3.05) is 11.4 Å². The lowest BCUT2D eigenvalue weighted by atomic mass is 10.1. The summed E-state index contributed by atoms with van der Waals surface area (Å²) in [5.74, 6) is -1.07. The Morgan fingerprint density at radius 2 is 1.79 bits per heavy atom. The highest BCUT2D eigenvalue weighted by atomic mass is 35.5. The molecule has 1 aliphatic heterocycles. The first-order chi connectivity index (χ1) is 11.5. The number of hydrogen-bond donors (Lipinski definition) is 1. The average Bonchev–Trinajstić information content (AvgIpc) is 2.57. The van der Waals surface area contributed by atoms with Crippen molar-refractivity contribution < 1.29 is 19.4 Å². The Labute approximate surface area is 148 Å². The summed E-state index contributed by atoms with van der Waals surface area (Å²) in [7, 11) is 0. The third-order valence-corrected chi connectivity index (χ3v) is 4.45. The van der Waals surface area contributed by atoms with Crippen molar-refractivity contribution in [2.45, 2.75) is 12.5 Å². The highest BCUT2D eigenvalue weighted by molar-refractivity contribution is 6.36. The van der Waals surface area contributed by atoms with E-state index in [9.17, 15) is 14.7 Å². The first-order valence-electron chi connectivity index (χ1n) is 7.19. The highest BCUT2D eigenvalue weighted by Crippen LogP contribution is 2.34. The molecule has 0 bridgehead atoms. The van der Waals surface area contributed by atoms with Gasteiger partial charge in [-0.1, -0.05) is 41.4 Å². The molecule has 0 aliphatic carbocycles. The smallest absolute Gasteiger partial charge is 0.346 e. The molecule has 2 aromatic carbocycles. The molecule has 1 N–H and O–H groups in total. The minimum absolute atomic E-state index is 0.0286. The number of rotatable bonds is 3. The summed E-state index contributed by atoms with van der Waals surface area (Å²) in [5.41, 5.74) is 1.05. The van der Waals surface area contributed by atoms with E-state index in [0.29, 0.717) is 27.0 Å². The van der Waals surface area contributed by atoms with Gasteiger partial charge >= 0.3 is 5.97 Å². The fourth-order valence-electron chi connectivity index (χ4n) is 2.55. The van der Waals surface area contributed by atoms with E-state index in [1.165, 1.54) is 4.90 Å². The van der Waals surface area contributed by atoms with Gasteiger partial charge in [-0.2, -0.15) is 0 Å². The Kier molecular flexibility index (Phi) is 4.64. The summed E-state index contributed by atoms with van der Waals surface area (Å²) < 4.78 is 5.43. The molecule has 0 aromatic heterocycles. The normalized spacial score (nSPS) is 16.2. The molecule has 0 spiro atoms. The van der Waals surface area contributed by atoms with Crippen LogP contribution in [0.1, 0.15) is 5.56 Å². The monoisotopic (exact) mass is 365 g/mol. The maximum atomic E-state index is 12.8. The quantitative estimate of drug-likeness (QED) is 0.904. The molecule has 1 unspecified atom stereocenters. The number of carbonyl (C=O) groups excluding carboxylic acids is 1. The average molecular weight is 366 g/mol. The molecule has 5 nitrogen and oxygen atoms in total. The minimum Gasteiger partial charge on any atom is -0.478 e. The second-order valence-corrected chi connectivity index (χ2v) is 6.11. The van der Waals surface area contributed by atoms with Crippen LogP contribution >= 0.6 is 23.2 Å². The van der Waals surface area contributed by atoms with Crippen molar-refractivity contribution in [2.24, 2.45) is 0 Å². The molecule has 0 fully saturated rings. The van der Waals surface area contributed by atoms with E-state index in [0.717, 1.165) is 0 Å². The topological polar surface area (TPSA) is 66.8 Å². The van der Waals surface area contributed by atoms with Crippen molar-refractivity contribution in [1.82, 2.24) is 0 Å². The lowest BCUT2D eigenvalue weighted by molar-refractivity contribution is -0.145. The van der Waals surface area contributed by atoms with Gasteiger partial charge in [0.25, 0.3) is 0 Å². The Bertz CT molecular complexity index is 789. The van der Waals surface area contributed by atoms with E-state index < -0.39 is 12.1 Å². The van der Waals surface area contributed by atoms with Crippen LogP contribution in [0.2, 0.25) is 10.0 Å². The van der Waals surface area contributed by atoms with Gasteiger partial charge < -0.3 is 14.7 Å². The summed E-state index contributed by atoms with van der Waals surface area (Å²) in [5, 5.41) is 10.0. The van der Waals surface area contributed by atoms with E-state index in [1.807, 2.05) is 0 Å². The molecule has 124 valence electrons. The van der Waals surface area contributed by atoms with Crippen molar-refractivity contribution in [3.8, 4) is 5.75 Å². The molecule has 1 amide bonds. The fraction of sp³-hybridized carbons (Fsp3) is 0.176.